The summed E-state index contributed by atoms with van der Waals surface area (Å²) in [5, 5.41) is 10.5. The van der Waals surface area contributed by atoms with Crippen LogP contribution >= 0.6 is 0 Å². The van der Waals surface area contributed by atoms with Gasteiger partial charge in [0.25, 0.3) is 0 Å². The molecule has 0 aliphatic carbocycles. The van der Waals surface area contributed by atoms with E-state index in [9.17, 15) is 9.90 Å². The molecule has 0 bridgehead atoms. The second-order valence-corrected chi connectivity index (χ2v) is 6.62. The van der Waals surface area contributed by atoms with Crippen LogP contribution in [0.25, 0.3) is 0 Å². The van der Waals surface area contributed by atoms with E-state index in [1.54, 1.807) is 17.3 Å². The van der Waals surface area contributed by atoms with Crippen LogP contribution in [0.1, 0.15) is 23.1 Å². The third-order valence-electron chi connectivity index (χ3n) is 4.90. The van der Waals surface area contributed by atoms with E-state index in [0.717, 1.165) is 18.4 Å². The molecule has 1 N–H and O–H groups in total. The van der Waals surface area contributed by atoms with Crippen LogP contribution in [-0.2, 0) is 17.6 Å². The molecule has 1 aliphatic rings. The van der Waals surface area contributed by atoms with E-state index >= 15 is 0 Å². The normalized spacial score (nSPS) is 20.8. The van der Waals surface area contributed by atoms with Gasteiger partial charge in [0.15, 0.2) is 0 Å². The lowest BCUT2D eigenvalue weighted by molar-refractivity contribution is -0.134. The number of aliphatic hydroxyl groups excluding tert-OH is 1. The number of hydrogen-bond donors (Lipinski definition) is 1. The number of aromatic nitrogens is 1. The van der Waals surface area contributed by atoms with Gasteiger partial charge in [-0.2, -0.15) is 0 Å². The summed E-state index contributed by atoms with van der Waals surface area (Å²) in [4.78, 5) is 18.2. The largest absolute Gasteiger partial charge is 0.391 e. The Morgan fingerprint density at radius 1 is 1.29 bits per heavy atom. The van der Waals surface area contributed by atoms with E-state index in [0.29, 0.717) is 19.5 Å². The summed E-state index contributed by atoms with van der Waals surface area (Å²) >= 11 is 0. The fourth-order valence-corrected chi connectivity index (χ4v) is 3.36. The van der Waals surface area contributed by atoms with Gasteiger partial charge in [0.1, 0.15) is 0 Å². The molecular weight excluding hydrogens is 300 g/mol. The van der Waals surface area contributed by atoms with Crippen molar-refractivity contribution >= 4 is 5.91 Å². The number of nitrogens with zero attached hydrogens (tertiary/aromatic N) is 2. The van der Waals surface area contributed by atoms with Gasteiger partial charge < -0.3 is 10.0 Å². The number of amides is 1. The molecule has 3 rings (SSSR count). The van der Waals surface area contributed by atoms with Crippen molar-refractivity contribution in [3.05, 3.63) is 65.5 Å². The van der Waals surface area contributed by atoms with Crippen LogP contribution in [0.15, 0.2) is 48.8 Å². The Bertz CT molecular complexity index is 687. The van der Waals surface area contributed by atoms with E-state index in [2.05, 4.69) is 24.0 Å². The van der Waals surface area contributed by atoms with E-state index < -0.39 is 6.10 Å². The van der Waals surface area contributed by atoms with Crippen LogP contribution in [-0.4, -0.2) is 40.1 Å². The second kappa shape index (κ2) is 7.58. The van der Waals surface area contributed by atoms with E-state index in [-0.39, 0.29) is 11.8 Å². The van der Waals surface area contributed by atoms with Crippen molar-refractivity contribution in [2.75, 3.05) is 13.1 Å². The third kappa shape index (κ3) is 4.01. The summed E-state index contributed by atoms with van der Waals surface area (Å²) in [7, 11) is 0. The topological polar surface area (TPSA) is 53.4 Å². The number of pyridine rings is 1. The van der Waals surface area contributed by atoms with E-state index in [4.69, 9.17) is 0 Å². The molecule has 0 spiro atoms. The first-order valence-electron chi connectivity index (χ1n) is 8.52. The van der Waals surface area contributed by atoms with Crippen LogP contribution in [0, 0.1) is 12.8 Å². The molecule has 1 fully saturated rings. The highest BCUT2D eigenvalue weighted by Gasteiger charge is 2.30. The quantitative estimate of drug-likeness (QED) is 0.939. The summed E-state index contributed by atoms with van der Waals surface area (Å²) < 4.78 is 0. The van der Waals surface area contributed by atoms with Crippen molar-refractivity contribution < 1.29 is 9.90 Å². The second-order valence-electron chi connectivity index (χ2n) is 6.62. The zero-order valence-corrected chi connectivity index (χ0v) is 14.1. The Morgan fingerprint density at radius 3 is 2.83 bits per heavy atom. The van der Waals surface area contributed by atoms with Gasteiger partial charge in [-0.3, -0.25) is 9.78 Å². The molecule has 126 valence electrons. The van der Waals surface area contributed by atoms with Crippen molar-refractivity contribution in [1.29, 1.82) is 0 Å². The van der Waals surface area contributed by atoms with Crippen molar-refractivity contribution in [2.24, 2.45) is 5.92 Å². The average molecular weight is 324 g/mol. The number of rotatable bonds is 4. The van der Waals surface area contributed by atoms with Gasteiger partial charge in [0, 0.05) is 25.5 Å². The zero-order chi connectivity index (χ0) is 16.9. The van der Waals surface area contributed by atoms with Crippen LogP contribution in [0.3, 0.4) is 0 Å². The highest BCUT2D eigenvalue weighted by Crippen LogP contribution is 2.24. The number of hydrogen-bond acceptors (Lipinski definition) is 3. The summed E-state index contributed by atoms with van der Waals surface area (Å²) in [5.74, 6) is 0.282. The van der Waals surface area contributed by atoms with Crippen molar-refractivity contribution in [2.45, 2.75) is 32.3 Å². The Kier molecular flexibility index (Phi) is 5.26. The van der Waals surface area contributed by atoms with Crippen LogP contribution in [0.2, 0.25) is 0 Å². The van der Waals surface area contributed by atoms with Crippen molar-refractivity contribution in [3.8, 4) is 0 Å². The van der Waals surface area contributed by atoms with Crippen molar-refractivity contribution in [3.63, 3.8) is 0 Å². The van der Waals surface area contributed by atoms with Gasteiger partial charge in [-0.25, -0.2) is 0 Å². The SMILES string of the molecule is Cc1ccccc1C[C@H]1CCN(C(=O)Cc2cccnc2)C[C@H]1O. The lowest BCUT2D eigenvalue weighted by Crippen LogP contribution is -2.47. The minimum absolute atomic E-state index is 0.0661. The average Bonchev–Trinajstić information content (AvgIpc) is 2.59. The molecule has 4 heteroatoms. The number of likely N-dealkylation sites (tertiary alicyclic amines) is 1. The standard InChI is InChI=1S/C20H24N2O2/c1-15-5-2-3-7-17(15)12-18-8-10-22(14-19(18)23)20(24)11-16-6-4-9-21-13-16/h2-7,9,13,18-19,23H,8,10-12,14H2,1H3/t18-,19-/m1/s1. The number of β-amino-alcohol motifs (C(OH)–C–C–N with tert-alkyl or cyclic N) is 1. The first-order chi connectivity index (χ1) is 11.6. The molecule has 1 aliphatic heterocycles. The number of aliphatic hydroxyl groups is 1. The number of aryl methyl sites for hydroxylation is 1. The molecule has 4 nitrogen and oxygen atoms in total. The molecule has 1 saturated heterocycles. The van der Waals surface area contributed by atoms with Gasteiger partial charge in [-0.05, 0) is 48.4 Å². The monoisotopic (exact) mass is 324 g/mol. The van der Waals surface area contributed by atoms with Gasteiger partial charge >= 0.3 is 0 Å². The highest BCUT2D eigenvalue weighted by atomic mass is 16.3. The van der Waals surface area contributed by atoms with E-state index in [1.807, 2.05) is 24.3 Å². The Labute approximate surface area is 143 Å². The molecule has 2 atom stereocenters. The van der Waals surface area contributed by atoms with Crippen LogP contribution in [0.5, 0.6) is 0 Å². The van der Waals surface area contributed by atoms with Gasteiger partial charge in [0.2, 0.25) is 5.91 Å². The third-order valence-corrected chi connectivity index (χ3v) is 4.90. The fraction of sp³-hybridized carbons (Fsp3) is 0.400. The molecule has 2 heterocycles. The number of carbonyl (C=O) groups is 1. The molecule has 0 radical (unpaired) electrons. The van der Waals surface area contributed by atoms with Crippen molar-refractivity contribution in [1.82, 2.24) is 9.88 Å². The number of carbonyl (C=O) groups excluding carboxylic acids is 1. The van der Waals surface area contributed by atoms with E-state index in [1.165, 1.54) is 11.1 Å². The fourth-order valence-electron chi connectivity index (χ4n) is 3.36. The Hall–Kier alpha value is -2.20. The summed E-state index contributed by atoms with van der Waals surface area (Å²) in [6.45, 7) is 3.25. The summed E-state index contributed by atoms with van der Waals surface area (Å²) in [6.07, 6.45) is 5.03. The molecule has 1 amide bonds. The smallest absolute Gasteiger partial charge is 0.227 e. The number of benzene rings is 1. The Balaban J connectivity index is 1.57. The first kappa shape index (κ1) is 16.7. The first-order valence-corrected chi connectivity index (χ1v) is 8.52. The minimum Gasteiger partial charge on any atom is -0.391 e. The predicted octanol–water partition coefficient (Wildman–Crippen LogP) is 2.38. The minimum atomic E-state index is -0.462. The highest BCUT2D eigenvalue weighted by molar-refractivity contribution is 5.78. The lowest BCUT2D eigenvalue weighted by atomic mass is 9.86. The van der Waals surface area contributed by atoms with Gasteiger partial charge in [-0.15, -0.1) is 0 Å². The zero-order valence-electron chi connectivity index (χ0n) is 14.1. The van der Waals surface area contributed by atoms with Crippen LogP contribution in [0.4, 0.5) is 0 Å². The molecule has 1 aromatic carbocycles. The predicted molar refractivity (Wildman–Crippen MR) is 93.5 cm³/mol. The molecule has 0 saturated carbocycles. The maximum atomic E-state index is 12.4. The van der Waals surface area contributed by atoms with Gasteiger partial charge in [0.05, 0.1) is 12.5 Å². The Morgan fingerprint density at radius 2 is 2.12 bits per heavy atom. The summed E-state index contributed by atoms with van der Waals surface area (Å²) in [5.41, 5.74) is 3.47. The maximum Gasteiger partial charge on any atom is 0.227 e. The maximum absolute atomic E-state index is 12.4. The molecule has 24 heavy (non-hydrogen) atoms. The van der Waals surface area contributed by atoms with Gasteiger partial charge in [-0.1, -0.05) is 30.3 Å². The molecule has 1 aromatic heterocycles. The number of piperidine rings is 1. The molecule has 0 unspecified atom stereocenters. The molecular formula is C20H24N2O2. The summed E-state index contributed by atoms with van der Waals surface area (Å²) in [6, 6.07) is 12.1. The lowest BCUT2D eigenvalue weighted by Gasteiger charge is -2.36. The van der Waals surface area contributed by atoms with Crippen LogP contribution < -0.4 is 0 Å². The molecule has 2 aromatic rings.